The van der Waals surface area contributed by atoms with Crippen molar-refractivity contribution >= 4 is 17.7 Å². The van der Waals surface area contributed by atoms with Gasteiger partial charge in [0.15, 0.2) is 5.16 Å². The maximum Gasteiger partial charge on any atom is 0.306 e. The molecule has 0 unspecified atom stereocenters. The highest BCUT2D eigenvalue weighted by Gasteiger charge is 2.01. The van der Waals surface area contributed by atoms with Gasteiger partial charge in [-0.15, -0.1) is 0 Å². The molecule has 70 valence electrons. The summed E-state index contributed by atoms with van der Waals surface area (Å²) in [6.07, 6.45) is 3.74. The third-order valence-electron chi connectivity index (χ3n) is 1.31. The molecule has 5 heteroatoms. The van der Waals surface area contributed by atoms with Crippen molar-refractivity contribution in [2.45, 2.75) is 11.6 Å². The van der Waals surface area contributed by atoms with Gasteiger partial charge >= 0.3 is 5.97 Å². The highest BCUT2D eigenvalue weighted by Crippen LogP contribution is 2.11. The van der Waals surface area contributed by atoms with Gasteiger partial charge in [0.05, 0.1) is 13.5 Å². The van der Waals surface area contributed by atoms with Crippen LogP contribution in [-0.2, 0) is 9.53 Å². The SMILES string of the molecule is COC(=O)CCSc1ncccn1. The molecule has 0 spiro atoms. The Kier molecular flexibility index (Phi) is 4.25. The molecule has 0 bridgehead atoms. The lowest BCUT2D eigenvalue weighted by Crippen LogP contribution is -2.01. The smallest absolute Gasteiger partial charge is 0.306 e. The third-order valence-corrected chi connectivity index (χ3v) is 2.18. The van der Waals surface area contributed by atoms with Crippen LogP contribution < -0.4 is 0 Å². The Balaban J connectivity index is 2.24. The lowest BCUT2D eigenvalue weighted by atomic mass is 10.5. The van der Waals surface area contributed by atoms with Crippen LogP contribution in [0.1, 0.15) is 6.42 Å². The summed E-state index contributed by atoms with van der Waals surface area (Å²) in [5.74, 6) is 0.444. The summed E-state index contributed by atoms with van der Waals surface area (Å²) in [4.78, 5) is 18.7. The molecule has 0 N–H and O–H groups in total. The molecule has 0 aliphatic carbocycles. The Morgan fingerprint density at radius 3 is 2.85 bits per heavy atom. The summed E-state index contributed by atoms with van der Waals surface area (Å²) in [6.45, 7) is 0. The molecule has 0 amide bonds. The van der Waals surface area contributed by atoms with E-state index >= 15 is 0 Å². The monoisotopic (exact) mass is 198 g/mol. The minimum Gasteiger partial charge on any atom is -0.469 e. The Labute approximate surface area is 80.7 Å². The van der Waals surface area contributed by atoms with E-state index in [4.69, 9.17) is 0 Å². The number of methoxy groups -OCH3 is 1. The number of nitrogens with zero attached hydrogens (tertiary/aromatic N) is 2. The Bertz CT molecular complexity index is 266. The molecule has 1 heterocycles. The van der Waals surface area contributed by atoms with Crippen LogP contribution in [0.15, 0.2) is 23.6 Å². The van der Waals surface area contributed by atoms with Crippen LogP contribution in [0.2, 0.25) is 0 Å². The van der Waals surface area contributed by atoms with Crippen molar-refractivity contribution in [2.75, 3.05) is 12.9 Å². The van der Waals surface area contributed by atoms with Gasteiger partial charge in [0.2, 0.25) is 0 Å². The molecular weight excluding hydrogens is 188 g/mol. The first-order valence-electron chi connectivity index (χ1n) is 3.79. The lowest BCUT2D eigenvalue weighted by Gasteiger charge is -1.97. The summed E-state index contributed by atoms with van der Waals surface area (Å²) in [6, 6.07) is 1.75. The fraction of sp³-hybridized carbons (Fsp3) is 0.375. The minimum absolute atomic E-state index is 0.205. The molecular formula is C8H10N2O2S. The van der Waals surface area contributed by atoms with Crippen LogP contribution in [0.3, 0.4) is 0 Å². The second-order valence-electron chi connectivity index (χ2n) is 2.21. The predicted molar refractivity (Wildman–Crippen MR) is 49.4 cm³/mol. The number of esters is 1. The average molecular weight is 198 g/mol. The second kappa shape index (κ2) is 5.53. The maximum absolute atomic E-state index is 10.7. The van der Waals surface area contributed by atoms with Crippen LogP contribution in [0.5, 0.6) is 0 Å². The van der Waals surface area contributed by atoms with Crippen LogP contribution in [0.25, 0.3) is 0 Å². The maximum atomic E-state index is 10.7. The fourth-order valence-corrected chi connectivity index (χ4v) is 1.41. The molecule has 0 saturated heterocycles. The first-order valence-corrected chi connectivity index (χ1v) is 4.78. The summed E-state index contributed by atoms with van der Waals surface area (Å²) in [5.41, 5.74) is 0. The molecule has 0 aliphatic rings. The molecule has 0 radical (unpaired) electrons. The van der Waals surface area contributed by atoms with Gasteiger partial charge in [-0.2, -0.15) is 0 Å². The topological polar surface area (TPSA) is 52.1 Å². The van der Waals surface area contributed by atoms with Gasteiger partial charge in [0.25, 0.3) is 0 Å². The van der Waals surface area contributed by atoms with E-state index < -0.39 is 0 Å². The number of thioether (sulfide) groups is 1. The summed E-state index contributed by atoms with van der Waals surface area (Å²) < 4.78 is 4.50. The second-order valence-corrected chi connectivity index (χ2v) is 3.27. The van der Waals surface area contributed by atoms with E-state index in [9.17, 15) is 4.79 Å². The third kappa shape index (κ3) is 3.89. The van der Waals surface area contributed by atoms with E-state index in [1.165, 1.54) is 18.9 Å². The van der Waals surface area contributed by atoms with Crippen molar-refractivity contribution in [1.82, 2.24) is 9.97 Å². The molecule has 0 aromatic carbocycles. The Morgan fingerprint density at radius 2 is 2.23 bits per heavy atom. The molecule has 1 aromatic rings. The molecule has 4 nitrogen and oxygen atoms in total. The van der Waals surface area contributed by atoms with Gasteiger partial charge in [0, 0.05) is 18.1 Å². The van der Waals surface area contributed by atoms with Crippen molar-refractivity contribution in [2.24, 2.45) is 0 Å². The normalized spacial score (nSPS) is 9.62. The van der Waals surface area contributed by atoms with E-state index in [0.29, 0.717) is 17.3 Å². The zero-order valence-corrected chi connectivity index (χ0v) is 8.08. The predicted octanol–water partition coefficient (Wildman–Crippen LogP) is 1.13. The minimum atomic E-state index is -0.205. The zero-order valence-electron chi connectivity index (χ0n) is 7.27. The van der Waals surface area contributed by atoms with Gasteiger partial charge < -0.3 is 4.74 Å². The van der Waals surface area contributed by atoms with E-state index in [-0.39, 0.29) is 5.97 Å². The number of hydrogen-bond donors (Lipinski definition) is 0. The average Bonchev–Trinajstić information content (AvgIpc) is 2.19. The highest BCUT2D eigenvalue weighted by atomic mass is 32.2. The van der Waals surface area contributed by atoms with Crippen LogP contribution >= 0.6 is 11.8 Å². The molecule has 13 heavy (non-hydrogen) atoms. The molecule has 1 rings (SSSR count). The Morgan fingerprint density at radius 1 is 1.54 bits per heavy atom. The highest BCUT2D eigenvalue weighted by molar-refractivity contribution is 7.99. The van der Waals surface area contributed by atoms with E-state index in [0.717, 1.165) is 0 Å². The molecule has 0 aliphatic heterocycles. The molecule has 0 saturated carbocycles. The first-order chi connectivity index (χ1) is 6.33. The Hall–Kier alpha value is -1.10. The number of carbonyl (C=O) groups is 1. The van der Waals surface area contributed by atoms with Gasteiger partial charge in [-0.25, -0.2) is 9.97 Å². The van der Waals surface area contributed by atoms with Crippen LogP contribution in [-0.4, -0.2) is 28.8 Å². The van der Waals surface area contributed by atoms with Crippen LogP contribution in [0, 0.1) is 0 Å². The van der Waals surface area contributed by atoms with Crippen molar-refractivity contribution in [3.63, 3.8) is 0 Å². The first kappa shape index (κ1) is 9.98. The lowest BCUT2D eigenvalue weighted by molar-refractivity contribution is -0.140. The molecule has 0 atom stereocenters. The largest absolute Gasteiger partial charge is 0.469 e. The van der Waals surface area contributed by atoms with E-state index in [1.54, 1.807) is 18.5 Å². The number of aromatic nitrogens is 2. The zero-order chi connectivity index (χ0) is 9.52. The quantitative estimate of drug-likeness (QED) is 0.412. The number of rotatable bonds is 4. The van der Waals surface area contributed by atoms with Crippen molar-refractivity contribution in [3.05, 3.63) is 18.5 Å². The van der Waals surface area contributed by atoms with E-state index in [1.807, 2.05) is 0 Å². The standard InChI is InChI=1S/C8H10N2O2S/c1-12-7(11)3-6-13-8-9-4-2-5-10-8/h2,4-5H,3,6H2,1H3. The summed E-state index contributed by atoms with van der Waals surface area (Å²) in [5, 5.41) is 0.686. The number of hydrogen-bond acceptors (Lipinski definition) is 5. The van der Waals surface area contributed by atoms with Gasteiger partial charge in [0.1, 0.15) is 0 Å². The van der Waals surface area contributed by atoms with Gasteiger partial charge in [-0.05, 0) is 6.07 Å². The van der Waals surface area contributed by atoms with E-state index in [2.05, 4.69) is 14.7 Å². The number of carbonyl (C=O) groups excluding carboxylic acids is 1. The number of ether oxygens (including phenoxy) is 1. The summed E-state index contributed by atoms with van der Waals surface area (Å²) in [7, 11) is 1.38. The molecule has 0 fully saturated rings. The van der Waals surface area contributed by atoms with Crippen molar-refractivity contribution in [1.29, 1.82) is 0 Å². The van der Waals surface area contributed by atoms with Crippen LogP contribution in [0.4, 0.5) is 0 Å². The molecule has 1 aromatic heterocycles. The van der Waals surface area contributed by atoms with Crippen molar-refractivity contribution < 1.29 is 9.53 Å². The fourth-order valence-electron chi connectivity index (χ4n) is 0.688. The van der Waals surface area contributed by atoms with Crippen molar-refractivity contribution in [3.8, 4) is 0 Å². The van der Waals surface area contributed by atoms with Gasteiger partial charge in [-0.3, -0.25) is 4.79 Å². The summed E-state index contributed by atoms with van der Waals surface area (Å²) >= 11 is 1.44. The van der Waals surface area contributed by atoms with Gasteiger partial charge in [-0.1, -0.05) is 11.8 Å².